The van der Waals surface area contributed by atoms with E-state index in [9.17, 15) is 14.0 Å². The average molecular weight is 354 g/mol. The minimum Gasteiger partial charge on any atom is -0.486 e. The summed E-state index contributed by atoms with van der Waals surface area (Å²) in [5.74, 6) is 0.361. The Bertz CT molecular complexity index is 1050. The zero-order chi connectivity index (χ0) is 18.1. The standard InChI is InChI=1S/C19H15FN2O4/c20-11-5-6-13-14(8-18(23)22-15(13)7-11)19(24)21-9-12-10-25-16-3-1-2-4-17(16)26-12/h1-8,12H,9-10H2,(H,21,24)(H,22,23). The first-order chi connectivity index (χ1) is 12.6. The number of rotatable bonds is 3. The Kier molecular flexibility index (Phi) is 4.04. The Morgan fingerprint density at radius 3 is 2.85 bits per heavy atom. The molecule has 0 saturated carbocycles. The normalized spacial score (nSPS) is 15.7. The molecule has 0 bridgehead atoms. The van der Waals surface area contributed by atoms with Crippen LogP contribution in [-0.2, 0) is 0 Å². The van der Waals surface area contributed by atoms with Gasteiger partial charge in [-0.3, -0.25) is 9.59 Å². The molecule has 1 aliphatic rings. The van der Waals surface area contributed by atoms with Gasteiger partial charge in [0.2, 0.25) is 5.56 Å². The first-order valence-electron chi connectivity index (χ1n) is 8.09. The quantitative estimate of drug-likeness (QED) is 0.756. The molecule has 1 aromatic heterocycles. The molecule has 2 N–H and O–H groups in total. The summed E-state index contributed by atoms with van der Waals surface area (Å²) < 4.78 is 24.8. The van der Waals surface area contributed by atoms with Gasteiger partial charge in [-0.1, -0.05) is 12.1 Å². The van der Waals surface area contributed by atoms with Crippen molar-refractivity contribution in [2.45, 2.75) is 6.10 Å². The van der Waals surface area contributed by atoms with E-state index in [0.29, 0.717) is 23.5 Å². The van der Waals surface area contributed by atoms with Gasteiger partial charge in [0.25, 0.3) is 5.91 Å². The Balaban J connectivity index is 1.51. The van der Waals surface area contributed by atoms with E-state index in [1.165, 1.54) is 24.3 Å². The lowest BCUT2D eigenvalue weighted by Crippen LogP contribution is -2.41. The molecule has 6 nitrogen and oxygen atoms in total. The van der Waals surface area contributed by atoms with Crippen molar-refractivity contribution in [1.82, 2.24) is 10.3 Å². The summed E-state index contributed by atoms with van der Waals surface area (Å²) in [6.45, 7) is 0.515. The third-order valence-electron chi connectivity index (χ3n) is 4.11. The SMILES string of the molecule is O=C(NCC1COc2ccccc2O1)c1cc(=O)[nH]c2cc(F)ccc12. The number of amides is 1. The molecule has 0 fully saturated rings. The van der Waals surface area contributed by atoms with Crippen LogP contribution in [0.5, 0.6) is 11.5 Å². The van der Waals surface area contributed by atoms with Gasteiger partial charge in [-0.15, -0.1) is 0 Å². The molecule has 4 rings (SSSR count). The van der Waals surface area contributed by atoms with Gasteiger partial charge in [0.15, 0.2) is 11.5 Å². The second-order valence-electron chi connectivity index (χ2n) is 5.94. The lowest BCUT2D eigenvalue weighted by atomic mass is 10.1. The lowest BCUT2D eigenvalue weighted by Gasteiger charge is -2.26. The molecule has 0 saturated heterocycles. The number of halogens is 1. The van der Waals surface area contributed by atoms with Crippen molar-refractivity contribution in [3.63, 3.8) is 0 Å². The highest BCUT2D eigenvalue weighted by Crippen LogP contribution is 2.30. The number of aromatic amines is 1. The molecule has 2 aromatic carbocycles. The van der Waals surface area contributed by atoms with E-state index >= 15 is 0 Å². The summed E-state index contributed by atoms with van der Waals surface area (Å²) in [5, 5.41) is 3.21. The second kappa shape index (κ2) is 6.51. The van der Waals surface area contributed by atoms with Crippen LogP contribution in [-0.4, -0.2) is 30.1 Å². The number of fused-ring (bicyclic) bond motifs is 2. The number of pyridine rings is 1. The van der Waals surface area contributed by atoms with Crippen molar-refractivity contribution in [3.8, 4) is 11.5 Å². The van der Waals surface area contributed by atoms with Crippen molar-refractivity contribution < 1.29 is 18.7 Å². The molecular formula is C19H15FN2O4. The minimum absolute atomic E-state index is 0.181. The van der Waals surface area contributed by atoms with Crippen LogP contribution in [0.4, 0.5) is 4.39 Å². The predicted molar refractivity (Wildman–Crippen MR) is 93.2 cm³/mol. The average Bonchev–Trinajstić information content (AvgIpc) is 2.65. The van der Waals surface area contributed by atoms with Crippen LogP contribution < -0.4 is 20.3 Å². The number of H-pyrrole nitrogens is 1. The van der Waals surface area contributed by atoms with Gasteiger partial charge in [-0.25, -0.2) is 4.39 Å². The van der Waals surface area contributed by atoms with E-state index in [1.54, 1.807) is 6.07 Å². The van der Waals surface area contributed by atoms with Gasteiger partial charge in [0.1, 0.15) is 18.5 Å². The first kappa shape index (κ1) is 16.1. The number of benzene rings is 2. The maximum atomic E-state index is 13.4. The van der Waals surface area contributed by atoms with Gasteiger partial charge in [0.05, 0.1) is 17.6 Å². The van der Waals surface area contributed by atoms with Crippen molar-refractivity contribution in [2.24, 2.45) is 0 Å². The van der Waals surface area contributed by atoms with Gasteiger partial charge in [-0.2, -0.15) is 0 Å². The largest absolute Gasteiger partial charge is 0.486 e. The monoisotopic (exact) mass is 354 g/mol. The fraction of sp³-hybridized carbons (Fsp3) is 0.158. The zero-order valence-corrected chi connectivity index (χ0v) is 13.6. The number of ether oxygens (including phenoxy) is 2. The number of hydrogen-bond donors (Lipinski definition) is 2. The van der Waals surface area contributed by atoms with E-state index in [2.05, 4.69) is 10.3 Å². The number of hydrogen-bond acceptors (Lipinski definition) is 4. The lowest BCUT2D eigenvalue weighted by molar-refractivity contribution is 0.0790. The highest BCUT2D eigenvalue weighted by atomic mass is 19.1. The Hall–Kier alpha value is -3.35. The molecule has 7 heteroatoms. The second-order valence-corrected chi connectivity index (χ2v) is 5.94. The van der Waals surface area contributed by atoms with E-state index in [4.69, 9.17) is 9.47 Å². The number of aromatic nitrogens is 1. The summed E-state index contributed by atoms with van der Waals surface area (Å²) in [6, 6.07) is 12.4. The number of carbonyl (C=O) groups is 1. The topological polar surface area (TPSA) is 80.4 Å². The molecule has 1 unspecified atom stereocenters. The van der Waals surface area contributed by atoms with Gasteiger partial charge in [-0.05, 0) is 30.3 Å². The van der Waals surface area contributed by atoms with E-state index < -0.39 is 17.3 Å². The van der Waals surface area contributed by atoms with E-state index in [1.807, 2.05) is 18.2 Å². The highest BCUT2D eigenvalue weighted by Gasteiger charge is 2.22. The summed E-state index contributed by atoms with van der Waals surface area (Å²) >= 11 is 0. The molecule has 0 spiro atoms. The van der Waals surface area contributed by atoms with Crippen LogP contribution in [0.25, 0.3) is 10.9 Å². The van der Waals surface area contributed by atoms with Crippen molar-refractivity contribution in [1.29, 1.82) is 0 Å². The van der Waals surface area contributed by atoms with Crippen LogP contribution in [0.2, 0.25) is 0 Å². The zero-order valence-electron chi connectivity index (χ0n) is 13.6. The van der Waals surface area contributed by atoms with Crippen LogP contribution in [0.15, 0.2) is 53.3 Å². The first-order valence-corrected chi connectivity index (χ1v) is 8.09. The van der Waals surface area contributed by atoms with Crippen LogP contribution in [0.3, 0.4) is 0 Å². The maximum Gasteiger partial charge on any atom is 0.252 e. The van der Waals surface area contributed by atoms with Gasteiger partial charge in [0, 0.05) is 11.5 Å². The molecule has 1 atom stereocenters. The molecule has 1 amide bonds. The molecule has 132 valence electrons. The fourth-order valence-electron chi connectivity index (χ4n) is 2.89. The van der Waals surface area contributed by atoms with Crippen molar-refractivity contribution in [3.05, 3.63) is 70.3 Å². The highest BCUT2D eigenvalue weighted by molar-refractivity contribution is 6.05. The summed E-state index contributed by atoms with van der Waals surface area (Å²) in [7, 11) is 0. The number of nitrogens with one attached hydrogen (secondary N) is 2. The van der Waals surface area contributed by atoms with Gasteiger partial charge >= 0.3 is 0 Å². The van der Waals surface area contributed by atoms with Gasteiger partial charge < -0.3 is 19.8 Å². The van der Waals surface area contributed by atoms with Crippen molar-refractivity contribution in [2.75, 3.05) is 13.2 Å². The molecule has 26 heavy (non-hydrogen) atoms. The molecule has 2 heterocycles. The Morgan fingerprint density at radius 1 is 1.19 bits per heavy atom. The minimum atomic E-state index is -0.489. The van der Waals surface area contributed by atoms with Crippen molar-refractivity contribution >= 4 is 16.8 Å². The smallest absolute Gasteiger partial charge is 0.252 e. The fourth-order valence-corrected chi connectivity index (χ4v) is 2.89. The Morgan fingerprint density at radius 2 is 2.00 bits per heavy atom. The van der Waals surface area contributed by atoms with Crippen LogP contribution in [0, 0.1) is 5.82 Å². The molecular weight excluding hydrogens is 339 g/mol. The number of carbonyl (C=O) groups excluding carboxylic acids is 1. The van der Waals surface area contributed by atoms with E-state index in [-0.39, 0.29) is 23.7 Å². The number of para-hydroxylation sites is 2. The third kappa shape index (κ3) is 3.11. The molecule has 1 aliphatic heterocycles. The Labute approximate surface area is 147 Å². The third-order valence-corrected chi connectivity index (χ3v) is 4.11. The maximum absolute atomic E-state index is 13.4. The molecule has 3 aromatic rings. The predicted octanol–water partition coefficient (Wildman–Crippen LogP) is 2.24. The molecule has 0 radical (unpaired) electrons. The summed E-state index contributed by atoms with van der Waals surface area (Å²) in [5.41, 5.74) is -0.0193. The van der Waals surface area contributed by atoms with Crippen LogP contribution >= 0.6 is 0 Å². The molecule has 0 aliphatic carbocycles. The summed E-state index contributed by atoms with van der Waals surface area (Å²) in [4.78, 5) is 26.8. The summed E-state index contributed by atoms with van der Waals surface area (Å²) in [6.07, 6.45) is -0.348. The van der Waals surface area contributed by atoms with E-state index in [0.717, 1.165) is 0 Å². The van der Waals surface area contributed by atoms with Crippen LogP contribution in [0.1, 0.15) is 10.4 Å².